The van der Waals surface area contributed by atoms with Crippen LogP contribution in [0.5, 0.6) is 0 Å². The zero-order valence-electron chi connectivity index (χ0n) is 9.48. The second kappa shape index (κ2) is 5.93. The van der Waals surface area contributed by atoms with Gasteiger partial charge in [0, 0.05) is 22.9 Å². The van der Waals surface area contributed by atoms with E-state index in [4.69, 9.17) is 11.6 Å². The number of nitrogens with one attached hydrogen (secondary N) is 2. The molecule has 0 aliphatic heterocycles. The van der Waals surface area contributed by atoms with E-state index in [2.05, 4.69) is 28.1 Å². The van der Waals surface area contributed by atoms with Gasteiger partial charge in [0.1, 0.15) is 5.69 Å². The fraction of sp³-hybridized carbons (Fsp3) is 0.167. The Morgan fingerprint density at radius 1 is 1.39 bits per heavy atom. The first-order valence-electron chi connectivity index (χ1n) is 5.41. The molecule has 2 aromatic rings. The smallest absolute Gasteiger partial charge is 0.269 e. The first-order chi connectivity index (χ1) is 8.70. The molecule has 0 radical (unpaired) electrons. The molecule has 0 aliphatic carbocycles. The lowest BCUT2D eigenvalue weighted by Gasteiger charge is -1.98. The van der Waals surface area contributed by atoms with Crippen molar-refractivity contribution < 1.29 is 4.79 Å². The lowest BCUT2D eigenvalue weighted by atomic mass is 10.1. The van der Waals surface area contributed by atoms with E-state index in [9.17, 15) is 4.79 Å². The lowest BCUT2D eigenvalue weighted by molar-refractivity contribution is 0.0951. The van der Waals surface area contributed by atoms with Crippen molar-refractivity contribution in [3.63, 3.8) is 0 Å². The summed E-state index contributed by atoms with van der Waals surface area (Å²) in [5.74, 6) is 0.418. The molecular weight excluding hydrogens is 270 g/mol. The molecule has 0 fully saturated rings. The lowest BCUT2D eigenvalue weighted by Crippen LogP contribution is -2.25. The van der Waals surface area contributed by atoms with Gasteiger partial charge in [-0.15, -0.1) is 0 Å². The van der Waals surface area contributed by atoms with Crippen LogP contribution in [0.15, 0.2) is 30.3 Å². The zero-order valence-corrected chi connectivity index (χ0v) is 11.1. The number of hydrogen-bond donors (Lipinski definition) is 3. The molecule has 4 nitrogen and oxygen atoms in total. The molecular formula is C12H12ClN3OS. The maximum Gasteiger partial charge on any atom is 0.269 e. The maximum absolute atomic E-state index is 11.7. The van der Waals surface area contributed by atoms with Crippen molar-refractivity contribution in [2.24, 2.45) is 0 Å². The summed E-state index contributed by atoms with van der Waals surface area (Å²) in [7, 11) is 0. The number of amides is 1. The Hall–Kier alpha value is -1.46. The van der Waals surface area contributed by atoms with E-state index in [0.29, 0.717) is 28.7 Å². The number of aromatic nitrogens is 2. The quantitative estimate of drug-likeness (QED) is 0.754. The van der Waals surface area contributed by atoms with Crippen molar-refractivity contribution in [1.29, 1.82) is 0 Å². The molecule has 6 heteroatoms. The molecule has 2 N–H and O–H groups in total. The van der Waals surface area contributed by atoms with Crippen LogP contribution in [0.4, 0.5) is 0 Å². The van der Waals surface area contributed by atoms with E-state index in [1.807, 2.05) is 12.1 Å². The predicted octanol–water partition coefficient (Wildman–Crippen LogP) is 2.39. The first-order valence-corrected chi connectivity index (χ1v) is 6.42. The van der Waals surface area contributed by atoms with Crippen molar-refractivity contribution >= 4 is 30.1 Å². The molecule has 0 saturated carbocycles. The third-order valence-corrected chi connectivity index (χ3v) is 2.84. The van der Waals surface area contributed by atoms with Gasteiger partial charge in [-0.1, -0.05) is 23.7 Å². The summed E-state index contributed by atoms with van der Waals surface area (Å²) in [4.78, 5) is 11.7. The average molecular weight is 282 g/mol. The molecule has 0 unspecified atom stereocenters. The van der Waals surface area contributed by atoms with Crippen molar-refractivity contribution in [2.75, 3.05) is 12.3 Å². The highest BCUT2D eigenvalue weighted by atomic mass is 35.5. The molecule has 0 aliphatic rings. The normalized spacial score (nSPS) is 10.3. The van der Waals surface area contributed by atoms with Gasteiger partial charge >= 0.3 is 0 Å². The summed E-state index contributed by atoms with van der Waals surface area (Å²) < 4.78 is 0. The SMILES string of the molecule is O=C(NCCS)c1cc(-c2ccc(Cl)cc2)n[nH]1. The number of hydrogen-bond acceptors (Lipinski definition) is 3. The van der Waals surface area contributed by atoms with Crippen LogP contribution in [0.3, 0.4) is 0 Å². The molecule has 0 saturated heterocycles. The Labute approximate surface area is 115 Å². The van der Waals surface area contributed by atoms with Gasteiger partial charge in [-0.05, 0) is 18.2 Å². The van der Waals surface area contributed by atoms with Gasteiger partial charge in [0.2, 0.25) is 0 Å². The predicted molar refractivity (Wildman–Crippen MR) is 75.2 cm³/mol. The summed E-state index contributed by atoms with van der Waals surface area (Å²) in [6, 6.07) is 8.98. The molecule has 1 aromatic carbocycles. The number of halogens is 1. The highest BCUT2D eigenvalue weighted by molar-refractivity contribution is 7.80. The number of carbonyl (C=O) groups is 1. The molecule has 0 bridgehead atoms. The van der Waals surface area contributed by atoms with Gasteiger partial charge in [-0.2, -0.15) is 17.7 Å². The maximum atomic E-state index is 11.7. The second-order valence-corrected chi connectivity index (χ2v) is 4.54. The van der Waals surface area contributed by atoms with Crippen molar-refractivity contribution in [3.05, 3.63) is 41.0 Å². The van der Waals surface area contributed by atoms with Crippen molar-refractivity contribution in [3.8, 4) is 11.3 Å². The number of benzene rings is 1. The van der Waals surface area contributed by atoms with E-state index >= 15 is 0 Å². The minimum Gasteiger partial charge on any atom is -0.350 e. The number of rotatable bonds is 4. The fourth-order valence-corrected chi connectivity index (χ4v) is 1.71. The molecule has 0 spiro atoms. The molecule has 0 atom stereocenters. The first kappa shape index (κ1) is 13.0. The Morgan fingerprint density at radius 2 is 2.11 bits per heavy atom. The van der Waals surface area contributed by atoms with Gasteiger partial charge in [-0.3, -0.25) is 9.89 Å². The number of nitrogens with zero attached hydrogens (tertiary/aromatic N) is 1. The standard InChI is InChI=1S/C12H12ClN3OS/c13-9-3-1-8(2-4-9)10-7-11(16-15-10)12(17)14-5-6-18/h1-4,7,18H,5-6H2,(H,14,17)(H,15,16). The van der Waals surface area contributed by atoms with Crippen LogP contribution in [0, 0.1) is 0 Å². The third kappa shape index (κ3) is 3.05. The third-order valence-electron chi connectivity index (χ3n) is 2.36. The Balaban J connectivity index is 2.15. The minimum atomic E-state index is -0.184. The summed E-state index contributed by atoms with van der Waals surface area (Å²) in [6.07, 6.45) is 0. The van der Waals surface area contributed by atoms with E-state index < -0.39 is 0 Å². The van der Waals surface area contributed by atoms with E-state index in [1.54, 1.807) is 18.2 Å². The van der Waals surface area contributed by atoms with Crippen LogP contribution < -0.4 is 5.32 Å². The molecule has 1 aromatic heterocycles. The van der Waals surface area contributed by atoms with Crippen molar-refractivity contribution in [2.45, 2.75) is 0 Å². The van der Waals surface area contributed by atoms with Gasteiger partial charge in [0.25, 0.3) is 5.91 Å². The average Bonchev–Trinajstić information content (AvgIpc) is 2.86. The van der Waals surface area contributed by atoms with Crippen LogP contribution in [0.2, 0.25) is 5.02 Å². The van der Waals surface area contributed by atoms with Crippen LogP contribution >= 0.6 is 24.2 Å². The molecule has 1 amide bonds. The van der Waals surface area contributed by atoms with E-state index in [1.165, 1.54) is 0 Å². The van der Waals surface area contributed by atoms with Gasteiger partial charge in [-0.25, -0.2) is 0 Å². The summed E-state index contributed by atoms with van der Waals surface area (Å²) in [5.41, 5.74) is 2.05. The van der Waals surface area contributed by atoms with Crippen LogP contribution in [0.25, 0.3) is 11.3 Å². The van der Waals surface area contributed by atoms with Crippen LogP contribution in [-0.2, 0) is 0 Å². The molecule has 18 heavy (non-hydrogen) atoms. The monoisotopic (exact) mass is 281 g/mol. The Kier molecular flexibility index (Phi) is 4.28. The fourth-order valence-electron chi connectivity index (χ4n) is 1.47. The highest BCUT2D eigenvalue weighted by Crippen LogP contribution is 2.20. The topological polar surface area (TPSA) is 57.8 Å². The molecule has 94 valence electrons. The number of carbonyl (C=O) groups excluding carboxylic acids is 1. The highest BCUT2D eigenvalue weighted by Gasteiger charge is 2.10. The number of aromatic amines is 1. The van der Waals surface area contributed by atoms with Crippen LogP contribution in [0.1, 0.15) is 10.5 Å². The van der Waals surface area contributed by atoms with E-state index in [-0.39, 0.29) is 5.91 Å². The molecule has 1 heterocycles. The van der Waals surface area contributed by atoms with Crippen LogP contribution in [-0.4, -0.2) is 28.4 Å². The van der Waals surface area contributed by atoms with Gasteiger partial charge in [0.15, 0.2) is 0 Å². The second-order valence-electron chi connectivity index (χ2n) is 3.65. The number of H-pyrrole nitrogens is 1. The van der Waals surface area contributed by atoms with E-state index in [0.717, 1.165) is 5.56 Å². The summed E-state index contributed by atoms with van der Waals surface area (Å²) in [6.45, 7) is 0.525. The molecule has 2 rings (SSSR count). The summed E-state index contributed by atoms with van der Waals surface area (Å²) in [5, 5.41) is 10.2. The van der Waals surface area contributed by atoms with Gasteiger partial charge in [0.05, 0.1) is 5.69 Å². The number of thiol groups is 1. The minimum absolute atomic E-state index is 0.184. The zero-order chi connectivity index (χ0) is 13.0. The largest absolute Gasteiger partial charge is 0.350 e. The Morgan fingerprint density at radius 3 is 2.78 bits per heavy atom. The Bertz CT molecular complexity index is 539. The van der Waals surface area contributed by atoms with Crippen molar-refractivity contribution in [1.82, 2.24) is 15.5 Å². The van der Waals surface area contributed by atoms with Gasteiger partial charge < -0.3 is 5.32 Å². The summed E-state index contributed by atoms with van der Waals surface area (Å²) >= 11 is 9.84.